The zero-order valence-corrected chi connectivity index (χ0v) is 12.8. The minimum absolute atomic E-state index is 0.858. The summed E-state index contributed by atoms with van der Waals surface area (Å²) < 4.78 is 2.13. The largest absolute Gasteiger partial charge is 0.313 e. The maximum Gasteiger partial charge on any atom is 0.0662 e. The molecule has 20 heavy (non-hydrogen) atoms. The van der Waals surface area contributed by atoms with Gasteiger partial charge in [0.25, 0.3) is 0 Å². The SMILES string of the molecule is CCCNCc1cnn(Cc2ccc(C)cc2)c1CC. The summed E-state index contributed by atoms with van der Waals surface area (Å²) in [6, 6.07) is 8.69. The molecule has 1 heterocycles. The second-order valence-corrected chi connectivity index (χ2v) is 5.29. The third-order valence-corrected chi connectivity index (χ3v) is 3.57. The summed E-state index contributed by atoms with van der Waals surface area (Å²) in [6.07, 6.45) is 4.20. The van der Waals surface area contributed by atoms with E-state index in [0.717, 1.165) is 26.1 Å². The van der Waals surface area contributed by atoms with Crippen LogP contribution in [0.3, 0.4) is 0 Å². The number of nitrogens with one attached hydrogen (secondary N) is 1. The molecule has 108 valence electrons. The highest BCUT2D eigenvalue weighted by Gasteiger charge is 2.09. The molecule has 0 saturated heterocycles. The molecule has 2 aromatic rings. The Morgan fingerprint density at radius 2 is 1.90 bits per heavy atom. The number of hydrogen-bond acceptors (Lipinski definition) is 2. The van der Waals surface area contributed by atoms with Crippen molar-refractivity contribution in [2.24, 2.45) is 0 Å². The Balaban J connectivity index is 2.09. The van der Waals surface area contributed by atoms with Gasteiger partial charge in [-0.3, -0.25) is 4.68 Å². The molecular formula is C17H25N3. The zero-order chi connectivity index (χ0) is 14.4. The highest BCUT2D eigenvalue weighted by molar-refractivity contribution is 5.23. The van der Waals surface area contributed by atoms with Crippen molar-refractivity contribution in [2.45, 2.75) is 46.7 Å². The second kappa shape index (κ2) is 7.25. The van der Waals surface area contributed by atoms with Crippen molar-refractivity contribution in [1.29, 1.82) is 0 Å². The van der Waals surface area contributed by atoms with E-state index < -0.39 is 0 Å². The molecule has 1 aromatic carbocycles. The lowest BCUT2D eigenvalue weighted by atomic mass is 10.1. The fraction of sp³-hybridized carbons (Fsp3) is 0.471. The molecule has 0 fully saturated rings. The van der Waals surface area contributed by atoms with Gasteiger partial charge in [0, 0.05) is 17.8 Å². The number of aromatic nitrogens is 2. The molecule has 0 amide bonds. The summed E-state index contributed by atoms with van der Waals surface area (Å²) in [5.41, 5.74) is 5.28. The molecule has 3 heteroatoms. The maximum absolute atomic E-state index is 4.56. The first-order chi connectivity index (χ1) is 9.74. The molecule has 1 aromatic heterocycles. The van der Waals surface area contributed by atoms with Crippen LogP contribution in [0.25, 0.3) is 0 Å². The summed E-state index contributed by atoms with van der Waals surface area (Å²) in [6.45, 7) is 9.35. The van der Waals surface area contributed by atoms with E-state index in [4.69, 9.17) is 0 Å². The smallest absolute Gasteiger partial charge is 0.0662 e. The summed E-state index contributed by atoms with van der Waals surface area (Å²) in [4.78, 5) is 0. The van der Waals surface area contributed by atoms with Crippen LogP contribution < -0.4 is 5.32 Å². The van der Waals surface area contributed by atoms with E-state index in [-0.39, 0.29) is 0 Å². The molecule has 0 aliphatic heterocycles. The van der Waals surface area contributed by atoms with Crippen molar-refractivity contribution in [1.82, 2.24) is 15.1 Å². The van der Waals surface area contributed by atoms with Crippen molar-refractivity contribution < 1.29 is 0 Å². The van der Waals surface area contributed by atoms with Crippen molar-refractivity contribution in [3.8, 4) is 0 Å². The van der Waals surface area contributed by atoms with Gasteiger partial charge in [-0.2, -0.15) is 5.10 Å². The maximum atomic E-state index is 4.56. The molecule has 0 aliphatic carbocycles. The van der Waals surface area contributed by atoms with Crippen LogP contribution in [0.1, 0.15) is 42.7 Å². The van der Waals surface area contributed by atoms with Gasteiger partial charge in [0.05, 0.1) is 12.7 Å². The predicted molar refractivity (Wildman–Crippen MR) is 83.9 cm³/mol. The monoisotopic (exact) mass is 271 g/mol. The Kier molecular flexibility index (Phi) is 5.36. The van der Waals surface area contributed by atoms with Gasteiger partial charge in [0.1, 0.15) is 0 Å². The third-order valence-electron chi connectivity index (χ3n) is 3.57. The highest BCUT2D eigenvalue weighted by atomic mass is 15.3. The lowest BCUT2D eigenvalue weighted by Crippen LogP contribution is -2.15. The van der Waals surface area contributed by atoms with E-state index in [0.29, 0.717) is 0 Å². The lowest BCUT2D eigenvalue weighted by molar-refractivity contribution is 0.637. The van der Waals surface area contributed by atoms with Crippen LogP contribution in [-0.2, 0) is 19.5 Å². The average molecular weight is 271 g/mol. The molecule has 0 saturated carbocycles. The molecule has 0 aliphatic rings. The van der Waals surface area contributed by atoms with Gasteiger partial charge in [0.2, 0.25) is 0 Å². The van der Waals surface area contributed by atoms with E-state index in [1.807, 2.05) is 6.20 Å². The third kappa shape index (κ3) is 3.70. The summed E-state index contributed by atoms with van der Waals surface area (Å²) in [5, 5.41) is 8.02. The molecule has 0 unspecified atom stereocenters. The number of hydrogen-bond donors (Lipinski definition) is 1. The van der Waals surface area contributed by atoms with E-state index >= 15 is 0 Å². The normalized spacial score (nSPS) is 10.9. The molecule has 3 nitrogen and oxygen atoms in total. The molecule has 2 rings (SSSR count). The minimum atomic E-state index is 0.858. The van der Waals surface area contributed by atoms with Crippen LogP contribution in [-0.4, -0.2) is 16.3 Å². The quantitative estimate of drug-likeness (QED) is 0.783. The van der Waals surface area contributed by atoms with Gasteiger partial charge in [-0.15, -0.1) is 0 Å². The first-order valence-electron chi connectivity index (χ1n) is 7.54. The Morgan fingerprint density at radius 3 is 2.55 bits per heavy atom. The molecular weight excluding hydrogens is 246 g/mol. The second-order valence-electron chi connectivity index (χ2n) is 5.29. The van der Waals surface area contributed by atoms with Gasteiger partial charge in [-0.1, -0.05) is 43.7 Å². The van der Waals surface area contributed by atoms with Gasteiger partial charge >= 0.3 is 0 Å². The van der Waals surface area contributed by atoms with E-state index in [1.54, 1.807) is 0 Å². The van der Waals surface area contributed by atoms with E-state index in [9.17, 15) is 0 Å². The van der Waals surface area contributed by atoms with Gasteiger partial charge in [-0.25, -0.2) is 0 Å². The summed E-state index contributed by atoms with van der Waals surface area (Å²) in [7, 11) is 0. The van der Waals surface area contributed by atoms with Gasteiger partial charge in [0.15, 0.2) is 0 Å². The van der Waals surface area contributed by atoms with Crippen molar-refractivity contribution in [2.75, 3.05) is 6.54 Å². The molecule has 0 atom stereocenters. The average Bonchev–Trinajstić information content (AvgIpc) is 2.84. The first-order valence-corrected chi connectivity index (χ1v) is 7.54. The topological polar surface area (TPSA) is 29.9 Å². The zero-order valence-electron chi connectivity index (χ0n) is 12.8. The number of nitrogens with zero attached hydrogens (tertiary/aromatic N) is 2. The Labute approximate surface area is 122 Å². The molecule has 1 N–H and O–H groups in total. The Bertz CT molecular complexity index is 526. The summed E-state index contributed by atoms with van der Waals surface area (Å²) in [5.74, 6) is 0. The number of aryl methyl sites for hydroxylation is 1. The molecule has 0 bridgehead atoms. The lowest BCUT2D eigenvalue weighted by Gasteiger charge is -2.09. The van der Waals surface area contributed by atoms with Crippen molar-refractivity contribution in [3.63, 3.8) is 0 Å². The van der Waals surface area contributed by atoms with Crippen molar-refractivity contribution in [3.05, 3.63) is 52.8 Å². The van der Waals surface area contributed by atoms with Crippen LogP contribution in [0.2, 0.25) is 0 Å². The Morgan fingerprint density at radius 1 is 1.15 bits per heavy atom. The van der Waals surface area contributed by atoms with Crippen LogP contribution in [0.4, 0.5) is 0 Å². The minimum Gasteiger partial charge on any atom is -0.313 e. The number of benzene rings is 1. The Hall–Kier alpha value is -1.61. The van der Waals surface area contributed by atoms with E-state index in [1.165, 1.54) is 28.8 Å². The molecule has 0 spiro atoms. The molecule has 0 radical (unpaired) electrons. The number of rotatable bonds is 7. The van der Waals surface area contributed by atoms with E-state index in [2.05, 4.69) is 60.1 Å². The van der Waals surface area contributed by atoms with Gasteiger partial charge in [-0.05, 0) is 31.9 Å². The standard InChI is InChI=1S/C17H25N3/c1-4-10-18-11-16-12-19-20(17(16)5-2)13-15-8-6-14(3)7-9-15/h6-9,12,18H,4-5,10-11,13H2,1-3H3. The van der Waals surface area contributed by atoms with Crippen LogP contribution in [0.15, 0.2) is 30.5 Å². The van der Waals surface area contributed by atoms with Crippen molar-refractivity contribution >= 4 is 0 Å². The van der Waals surface area contributed by atoms with Crippen LogP contribution in [0.5, 0.6) is 0 Å². The first kappa shape index (κ1) is 14.8. The highest BCUT2D eigenvalue weighted by Crippen LogP contribution is 2.12. The fourth-order valence-electron chi connectivity index (χ4n) is 2.41. The van der Waals surface area contributed by atoms with Crippen LogP contribution in [0, 0.1) is 6.92 Å². The van der Waals surface area contributed by atoms with Gasteiger partial charge < -0.3 is 5.32 Å². The predicted octanol–water partition coefficient (Wildman–Crippen LogP) is 3.30. The fourth-order valence-corrected chi connectivity index (χ4v) is 2.41. The summed E-state index contributed by atoms with van der Waals surface area (Å²) >= 11 is 0. The van der Waals surface area contributed by atoms with Crippen LogP contribution >= 0.6 is 0 Å².